The third-order valence-corrected chi connectivity index (χ3v) is 3.95. The van der Waals surface area contributed by atoms with Crippen LogP contribution in [0.1, 0.15) is 6.42 Å². The van der Waals surface area contributed by atoms with Crippen LogP contribution in [0.15, 0.2) is 12.3 Å². The lowest BCUT2D eigenvalue weighted by molar-refractivity contribution is 0.146. The predicted octanol–water partition coefficient (Wildman–Crippen LogP) is 1.03. The van der Waals surface area contributed by atoms with Crippen LogP contribution in [0.4, 0.5) is 15.0 Å². The molecule has 9 heteroatoms. The molecule has 0 atom stereocenters. The molecule has 1 aliphatic heterocycles. The quantitative estimate of drug-likeness (QED) is 0.639. The van der Waals surface area contributed by atoms with E-state index in [9.17, 15) is 9.18 Å². The Morgan fingerprint density at radius 2 is 2.12 bits per heavy atom. The highest BCUT2D eigenvalue weighted by atomic mass is 19.1. The Morgan fingerprint density at radius 1 is 1.36 bits per heavy atom. The van der Waals surface area contributed by atoms with Gasteiger partial charge in [-0.25, -0.2) is 14.2 Å². The molecule has 1 amide bonds. The molecule has 2 N–H and O–H groups in total. The van der Waals surface area contributed by atoms with E-state index >= 15 is 0 Å². The molecule has 1 aromatic rings. The summed E-state index contributed by atoms with van der Waals surface area (Å²) in [5, 5.41) is 10.9. The summed E-state index contributed by atoms with van der Waals surface area (Å²) in [7, 11) is 1.58. The molecule has 2 rings (SSSR count). The van der Waals surface area contributed by atoms with Crippen LogP contribution in [-0.2, 0) is 4.74 Å². The normalized spacial score (nSPS) is 15.2. The maximum absolute atomic E-state index is 14.3. The first-order valence-electron chi connectivity index (χ1n) is 8.31. The highest BCUT2D eigenvalue weighted by molar-refractivity contribution is 5.64. The van der Waals surface area contributed by atoms with Crippen molar-refractivity contribution in [2.75, 3.05) is 64.5 Å². The Morgan fingerprint density at radius 3 is 2.76 bits per heavy atom. The summed E-state index contributed by atoms with van der Waals surface area (Å²) in [6.45, 7) is 4.99. The first-order chi connectivity index (χ1) is 12.1. The minimum atomic E-state index is -0.999. The van der Waals surface area contributed by atoms with Gasteiger partial charge in [-0.2, -0.15) is 0 Å². The van der Waals surface area contributed by atoms with Crippen LogP contribution in [0, 0.1) is 5.82 Å². The summed E-state index contributed by atoms with van der Waals surface area (Å²) in [6, 6.07) is 1.35. The van der Waals surface area contributed by atoms with Crippen LogP contribution in [-0.4, -0.2) is 80.7 Å². The first kappa shape index (κ1) is 19.2. The van der Waals surface area contributed by atoms with E-state index < -0.39 is 11.9 Å². The van der Waals surface area contributed by atoms with Gasteiger partial charge >= 0.3 is 6.09 Å². The molecule has 8 nitrogen and oxygen atoms in total. The van der Waals surface area contributed by atoms with Gasteiger partial charge in [0.15, 0.2) is 11.6 Å². The zero-order chi connectivity index (χ0) is 18.1. The van der Waals surface area contributed by atoms with Crippen molar-refractivity contribution < 1.29 is 23.8 Å². The Hall–Kier alpha value is -2.13. The number of anilines is 1. The molecule has 0 aromatic carbocycles. The van der Waals surface area contributed by atoms with Crippen LogP contribution < -0.4 is 15.0 Å². The SMILES string of the molecule is COCCOc1cnc(N2CCN(CCCNC(=O)O)CC2)c(F)c1. The number of nitrogens with zero attached hydrogens (tertiary/aromatic N) is 3. The number of pyridine rings is 1. The van der Waals surface area contributed by atoms with Crippen molar-refractivity contribution in [2.45, 2.75) is 6.42 Å². The predicted molar refractivity (Wildman–Crippen MR) is 90.9 cm³/mol. The van der Waals surface area contributed by atoms with E-state index in [0.717, 1.165) is 26.1 Å². The third kappa shape index (κ3) is 6.35. The number of amides is 1. The first-order valence-corrected chi connectivity index (χ1v) is 8.31. The van der Waals surface area contributed by atoms with Crippen molar-refractivity contribution in [3.05, 3.63) is 18.1 Å². The lowest BCUT2D eigenvalue weighted by Crippen LogP contribution is -2.47. The molecular weight excluding hydrogens is 331 g/mol. The van der Waals surface area contributed by atoms with E-state index in [1.54, 1.807) is 7.11 Å². The molecule has 140 valence electrons. The Labute approximate surface area is 146 Å². The lowest BCUT2D eigenvalue weighted by Gasteiger charge is -2.35. The average molecular weight is 356 g/mol. The largest absolute Gasteiger partial charge is 0.489 e. The zero-order valence-corrected chi connectivity index (χ0v) is 14.4. The summed E-state index contributed by atoms with van der Waals surface area (Å²) in [5.41, 5.74) is 0. The molecule has 1 aromatic heterocycles. The minimum absolute atomic E-state index is 0.339. The number of hydrogen-bond acceptors (Lipinski definition) is 6. The van der Waals surface area contributed by atoms with E-state index in [0.29, 0.717) is 44.4 Å². The van der Waals surface area contributed by atoms with Gasteiger partial charge < -0.3 is 24.8 Å². The molecule has 0 aliphatic carbocycles. The third-order valence-electron chi connectivity index (χ3n) is 3.95. The summed E-state index contributed by atoms with van der Waals surface area (Å²) in [5.74, 6) is 0.336. The van der Waals surface area contributed by atoms with Crippen LogP contribution >= 0.6 is 0 Å². The van der Waals surface area contributed by atoms with Crippen LogP contribution in [0.25, 0.3) is 0 Å². The molecule has 0 saturated carbocycles. The molecule has 1 saturated heterocycles. The van der Waals surface area contributed by atoms with Gasteiger partial charge in [-0.05, 0) is 13.0 Å². The summed E-state index contributed by atoms with van der Waals surface area (Å²) in [6.07, 6.45) is 1.28. The number of methoxy groups -OCH3 is 1. The van der Waals surface area contributed by atoms with Crippen molar-refractivity contribution in [2.24, 2.45) is 0 Å². The number of aromatic nitrogens is 1. The number of rotatable bonds is 9. The molecule has 2 heterocycles. The van der Waals surface area contributed by atoms with E-state index in [2.05, 4.69) is 15.2 Å². The van der Waals surface area contributed by atoms with Gasteiger partial charge in [0.2, 0.25) is 0 Å². The number of carboxylic acid groups (broad SMARTS) is 1. The Bertz CT molecular complexity index is 553. The van der Waals surface area contributed by atoms with E-state index in [-0.39, 0.29) is 0 Å². The fraction of sp³-hybridized carbons (Fsp3) is 0.625. The smallest absolute Gasteiger partial charge is 0.404 e. The van der Waals surface area contributed by atoms with Crippen molar-refractivity contribution >= 4 is 11.9 Å². The molecular formula is C16H25FN4O4. The number of halogens is 1. The van der Waals surface area contributed by atoms with E-state index in [1.807, 2.05) is 4.90 Å². The molecule has 25 heavy (non-hydrogen) atoms. The van der Waals surface area contributed by atoms with Gasteiger partial charge in [0, 0.05) is 45.9 Å². The zero-order valence-electron chi connectivity index (χ0n) is 14.4. The van der Waals surface area contributed by atoms with Crippen molar-refractivity contribution in [1.29, 1.82) is 0 Å². The topological polar surface area (TPSA) is 87.2 Å². The van der Waals surface area contributed by atoms with Crippen molar-refractivity contribution in [3.63, 3.8) is 0 Å². The summed E-state index contributed by atoms with van der Waals surface area (Å²) in [4.78, 5) is 18.7. The highest BCUT2D eigenvalue weighted by Gasteiger charge is 2.20. The van der Waals surface area contributed by atoms with Gasteiger partial charge in [0.1, 0.15) is 12.4 Å². The van der Waals surface area contributed by atoms with Crippen LogP contribution in [0.5, 0.6) is 5.75 Å². The number of nitrogens with one attached hydrogen (secondary N) is 1. The van der Waals surface area contributed by atoms with E-state index in [1.165, 1.54) is 12.3 Å². The fourth-order valence-corrected chi connectivity index (χ4v) is 2.65. The average Bonchev–Trinajstić information content (AvgIpc) is 2.60. The van der Waals surface area contributed by atoms with Gasteiger partial charge in [-0.3, -0.25) is 4.90 Å². The number of carbonyl (C=O) groups is 1. The monoisotopic (exact) mass is 356 g/mol. The maximum atomic E-state index is 14.3. The fourth-order valence-electron chi connectivity index (χ4n) is 2.65. The standard InChI is InChI=1S/C16H25FN4O4/c1-24-9-10-25-13-11-14(17)15(19-12-13)21-7-5-20(6-8-21)4-2-3-18-16(22)23/h11-12,18H,2-10H2,1H3,(H,22,23). The van der Waals surface area contributed by atoms with Gasteiger partial charge in [0.05, 0.1) is 12.8 Å². The second kappa shape index (κ2) is 10.00. The number of piperazine rings is 1. The van der Waals surface area contributed by atoms with E-state index in [4.69, 9.17) is 14.6 Å². The molecule has 0 bridgehead atoms. The summed E-state index contributed by atoms with van der Waals surface area (Å²) < 4.78 is 24.5. The number of ether oxygens (including phenoxy) is 2. The van der Waals surface area contributed by atoms with Gasteiger partial charge in [-0.1, -0.05) is 0 Å². The Balaban J connectivity index is 1.77. The molecule has 0 spiro atoms. The van der Waals surface area contributed by atoms with Crippen molar-refractivity contribution in [3.8, 4) is 5.75 Å². The maximum Gasteiger partial charge on any atom is 0.404 e. The Kier molecular flexibility index (Phi) is 7.68. The highest BCUT2D eigenvalue weighted by Crippen LogP contribution is 2.22. The lowest BCUT2D eigenvalue weighted by atomic mass is 10.2. The van der Waals surface area contributed by atoms with Crippen molar-refractivity contribution in [1.82, 2.24) is 15.2 Å². The van der Waals surface area contributed by atoms with Gasteiger partial charge in [-0.15, -0.1) is 0 Å². The molecule has 1 aliphatic rings. The van der Waals surface area contributed by atoms with Gasteiger partial charge in [0.25, 0.3) is 0 Å². The van der Waals surface area contributed by atoms with Crippen LogP contribution in [0.3, 0.4) is 0 Å². The molecule has 1 fully saturated rings. The second-order valence-electron chi connectivity index (χ2n) is 5.73. The summed E-state index contributed by atoms with van der Waals surface area (Å²) >= 11 is 0. The molecule has 0 unspecified atom stereocenters. The molecule has 0 radical (unpaired) electrons. The second-order valence-corrected chi connectivity index (χ2v) is 5.73. The number of hydrogen-bond donors (Lipinski definition) is 2. The minimum Gasteiger partial charge on any atom is -0.489 e. The van der Waals surface area contributed by atoms with Crippen LogP contribution in [0.2, 0.25) is 0 Å².